The second-order valence-electron chi connectivity index (χ2n) is 7.10. The molecule has 3 aromatic rings. The third-order valence-electron chi connectivity index (χ3n) is 4.86. The molecule has 3 rings (SSSR count). The van der Waals surface area contributed by atoms with Crippen LogP contribution in [0.1, 0.15) is 30.4 Å². The first kappa shape index (κ1) is 19.7. The summed E-state index contributed by atoms with van der Waals surface area (Å²) in [6.07, 6.45) is 1.63. The zero-order valence-corrected chi connectivity index (χ0v) is 17.2. The Morgan fingerprint density at radius 1 is 1.15 bits per heavy atom. The van der Waals surface area contributed by atoms with E-state index in [2.05, 4.69) is 34.1 Å². The van der Waals surface area contributed by atoms with Crippen LogP contribution in [0.2, 0.25) is 5.02 Å². The number of nitrogens with two attached hydrogens (primary N) is 1. The highest BCUT2D eigenvalue weighted by Crippen LogP contribution is 2.35. The first-order valence-corrected chi connectivity index (χ1v) is 10.7. The highest BCUT2D eigenvalue weighted by Gasteiger charge is 2.24. The van der Waals surface area contributed by atoms with Gasteiger partial charge in [0.15, 0.2) is 5.03 Å². The van der Waals surface area contributed by atoms with Gasteiger partial charge in [0, 0.05) is 41.3 Å². The summed E-state index contributed by atoms with van der Waals surface area (Å²) in [6.45, 7) is 2.02. The summed E-state index contributed by atoms with van der Waals surface area (Å²) in [5, 5.41) is 6.90. The molecule has 27 heavy (non-hydrogen) atoms. The first-order valence-electron chi connectivity index (χ1n) is 8.77. The standard InChI is InChI=1S/C20H24ClN3O2S/c1-13(4-5-14-6-9-16(10-7-14)24(2)3)19-17-12-15(21)8-11-18(17)23-20(19)27(22,25)26/h6-13,23H,4-5H2,1-3H3,(H2,22,25,26). The third kappa shape index (κ3) is 4.29. The number of fused-ring (bicyclic) bond motifs is 1. The lowest BCUT2D eigenvalue weighted by molar-refractivity contribution is 0.589. The number of aromatic nitrogens is 1. The van der Waals surface area contributed by atoms with E-state index in [0.717, 1.165) is 29.4 Å². The molecule has 1 atom stereocenters. The van der Waals surface area contributed by atoms with E-state index < -0.39 is 10.0 Å². The van der Waals surface area contributed by atoms with Gasteiger partial charge in [0.25, 0.3) is 10.0 Å². The molecule has 144 valence electrons. The van der Waals surface area contributed by atoms with Crippen LogP contribution >= 0.6 is 11.6 Å². The third-order valence-corrected chi connectivity index (χ3v) is 5.99. The second-order valence-corrected chi connectivity index (χ2v) is 9.04. The van der Waals surface area contributed by atoms with Gasteiger partial charge in [-0.3, -0.25) is 0 Å². The average molecular weight is 406 g/mol. The van der Waals surface area contributed by atoms with Crippen molar-refractivity contribution in [2.24, 2.45) is 5.14 Å². The minimum absolute atomic E-state index is 0.000864. The predicted octanol–water partition coefficient (Wildman–Crippen LogP) is 4.27. The quantitative estimate of drug-likeness (QED) is 0.642. The van der Waals surface area contributed by atoms with Crippen molar-refractivity contribution < 1.29 is 8.42 Å². The van der Waals surface area contributed by atoms with Crippen molar-refractivity contribution in [3.8, 4) is 0 Å². The number of nitrogens with zero attached hydrogens (tertiary/aromatic N) is 1. The van der Waals surface area contributed by atoms with E-state index >= 15 is 0 Å². The van der Waals surface area contributed by atoms with E-state index in [9.17, 15) is 8.42 Å². The number of primary sulfonamides is 1. The van der Waals surface area contributed by atoms with Crippen LogP contribution in [0.3, 0.4) is 0 Å². The summed E-state index contributed by atoms with van der Waals surface area (Å²) in [5.74, 6) is -0.000864. The zero-order chi connectivity index (χ0) is 19.8. The summed E-state index contributed by atoms with van der Waals surface area (Å²) in [7, 11) is 0.160. The summed E-state index contributed by atoms with van der Waals surface area (Å²) in [5.41, 5.74) is 3.79. The molecule has 0 saturated carbocycles. The molecule has 0 fully saturated rings. The van der Waals surface area contributed by atoms with Crippen molar-refractivity contribution in [3.05, 3.63) is 58.6 Å². The number of hydrogen-bond donors (Lipinski definition) is 2. The van der Waals surface area contributed by atoms with Crippen molar-refractivity contribution in [1.82, 2.24) is 4.98 Å². The Morgan fingerprint density at radius 2 is 1.81 bits per heavy atom. The minimum atomic E-state index is -3.86. The maximum Gasteiger partial charge on any atom is 0.253 e. The van der Waals surface area contributed by atoms with Crippen molar-refractivity contribution >= 4 is 38.2 Å². The van der Waals surface area contributed by atoms with Gasteiger partial charge in [0.1, 0.15) is 0 Å². The van der Waals surface area contributed by atoms with Crippen LogP contribution < -0.4 is 10.0 Å². The smallest absolute Gasteiger partial charge is 0.253 e. The van der Waals surface area contributed by atoms with Gasteiger partial charge in [-0.1, -0.05) is 30.7 Å². The molecule has 0 amide bonds. The van der Waals surface area contributed by atoms with Gasteiger partial charge < -0.3 is 9.88 Å². The fraction of sp³-hybridized carbons (Fsp3) is 0.300. The SMILES string of the molecule is CC(CCc1ccc(N(C)C)cc1)c1c(S(N)(=O)=O)[nH]c2ccc(Cl)cc12. The number of aromatic amines is 1. The molecule has 1 aromatic heterocycles. The maximum absolute atomic E-state index is 12.1. The molecule has 0 aliphatic carbocycles. The largest absolute Gasteiger partial charge is 0.378 e. The molecular weight excluding hydrogens is 382 g/mol. The normalized spacial score (nSPS) is 13.1. The summed E-state index contributed by atoms with van der Waals surface area (Å²) < 4.78 is 24.2. The Kier molecular flexibility index (Phi) is 5.51. The molecule has 5 nitrogen and oxygen atoms in total. The van der Waals surface area contributed by atoms with Gasteiger partial charge >= 0.3 is 0 Å². The van der Waals surface area contributed by atoms with Crippen molar-refractivity contribution in [3.63, 3.8) is 0 Å². The molecule has 3 N–H and O–H groups in total. The van der Waals surface area contributed by atoms with Crippen molar-refractivity contribution in [2.75, 3.05) is 19.0 Å². The van der Waals surface area contributed by atoms with E-state index in [1.165, 1.54) is 5.56 Å². The number of halogens is 1. The van der Waals surface area contributed by atoms with Crippen LogP contribution in [0.4, 0.5) is 5.69 Å². The fourth-order valence-electron chi connectivity index (χ4n) is 3.36. The van der Waals surface area contributed by atoms with Crippen LogP contribution in [-0.2, 0) is 16.4 Å². The molecule has 0 radical (unpaired) electrons. The van der Waals surface area contributed by atoms with E-state index in [0.29, 0.717) is 10.6 Å². The number of sulfonamides is 1. The van der Waals surface area contributed by atoms with E-state index in [1.807, 2.05) is 21.0 Å². The monoisotopic (exact) mass is 405 g/mol. The lowest BCUT2D eigenvalue weighted by Crippen LogP contribution is -2.15. The Balaban J connectivity index is 1.90. The van der Waals surface area contributed by atoms with Crippen LogP contribution in [-0.4, -0.2) is 27.5 Å². The molecule has 2 aromatic carbocycles. The number of nitrogens with one attached hydrogen (secondary N) is 1. The van der Waals surface area contributed by atoms with E-state index in [4.69, 9.17) is 16.7 Å². The van der Waals surface area contributed by atoms with Crippen LogP contribution in [0.25, 0.3) is 10.9 Å². The van der Waals surface area contributed by atoms with Crippen LogP contribution in [0.15, 0.2) is 47.5 Å². The molecule has 1 unspecified atom stereocenters. The van der Waals surface area contributed by atoms with Crippen molar-refractivity contribution in [1.29, 1.82) is 0 Å². The van der Waals surface area contributed by atoms with E-state index in [-0.39, 0.29) is 10.9 Å². The molecule has 1 heterocycles. The molecule has 0 bridgehead atoms. The molecule has 0 aliphatic heterocycles. The van der Waals surface area contributed by atoms with Gasteiger partial charge in [-0.15, -0.1) is 0 Å². The van der Waals surface area contributed by atoms with Crippen LogP contribution in [0.5, 0.6) is 0 Å². The van der Waals surface area contributed by atoms with Crippen LogP contribution in [0, 0.1) is 0 Å². The highest BCUT2D eigenvalue weighted by atomic mass is 35.5. The first-order chi connectivity index (χ1) is 12.7. The number of rotatable bonds is 6. The van der Waals surface area contributed by atoms with E-state index in [1.54, 1.807) is 18.2 Å². The zero-order valence-electron chi connectivity index (χ0n) is 15.7. The predicted molar refractivity (Wildman–Crippen MR) is 112 cm³/mol. The Morgan fingerprint density at radius 3 is 2.41 bits per heavy atom. The number of H-pyrrole nitrogens is 1. The highest BCUT2D eigenvalue weighted by molar-refractivity contribution is 7.89. The number of anilines is 1. The Bertz CT molecular complexity index is 1060. The molecule has 7 heteroatoms. The van der Waals surface area contributed by atoms with Gasteiger partial charge in [0.2, 0.25) is 0 Å². The van der Waals surface area contributed by atoms with Gasteiger partial charge in [0.05, 0.1) is 0 Å². The lowest BCUT2D eigenvalue weighted by atomic mass is 9.93. The Hall–Kier alpha value is -2.02. The van der Waals surface area contributed by atoms with Gasteiger partial charge in [-0.25, -0.2) is 13.6 Å². The average Bonchev–Trinajstić information content (AvgIpc) is 2.99. The molecular formula is C20H24ClN3O2S. The molecule has 0 spiro atoms. The summed E-state index contributed by atoms with van der Waals surface area (Å²) in [6, 6.07) is 13.7. The topological polar surface area (TPSA) is 79.2 Å². The van der Waals surface area contributed by atoms with Gasteiger partial charge in [-0.2, -0.15) is 0 Å². The maximum atomic E-state index is 12.1. The summed E-state index contributed by atoms with van der Waals surface area (Å²) in [4.78, 5) is 5.01. The Labute approximate surface area is 165 Å². The van der Waals surface area contributed by atoms with Crippen molar-refractivity contribution in [2.45, 2.75) is 30.7 Å². The summed E-state index contributed by atoms with van der Waals surface area (Å²) >= 11 is 6.13. The lowest BCUT2D eigenvalue weighted by Gasteiger charge is -2.15. The number of hydrogen-bond acceptors (Lipinski definition) is 3. The number of aryl methyl sites for hydroxylation is 1. The molecule has 0 aliphatic rings. The fourth-order valence-corrected chi connectivity index (χ4v) is 4.40. The second kappa shape index (κ2) is 7.54. The molecule has 0 saturated heterocycles. The minimum Gasteiger partial charge on any atom is -0.378 e. The number of benzene rings is 2. The van der Waals surface area contributed by atoms with Gasteiger partial charge in [-0.05, 0) is 54.7 Å².